The normalized spacial score (nSPS) is 24.3. The third-order valence-corrected chi connectivity index (χ3v) is 4.15. The Morgan fingerprint density at radius 3 is 2.89 bits per heavy atom. The Morgan fingerprint density at radius 1 is 1.32 bits per heavy atom. The van der Waals surface area contributed by atoms with Crippen molar-refractivity contribution in [3.8, 4) is 0 Å². The fourth-order valence-electron chi connectivity index (χ4n) is 2.88. The fraction of sp³-hybridized carbons (Fsp3) is 0.714. The Kier molecular flexibility index (Phi) is 3.55. The average molecular weight is 262 g/mol. The lowest BCUT2D eigenvalue weighted by Crippen LogP contribution is -2.41. The second-order valence-electron chi connectivity index (χ2n) is 5.70. The van der Waals surface area contributed by atoms with Crippen molar-refractivity contribution in [1.29, 1.82) is 0 Å². The van der Waals surface area contributed by atoms with Crippen LogP contribution >= 0.6 is 0 Å². The summed E-state index contributed by atoms with van der Waals surface area (Å²) in [6, 6.07) is 1.95. The van der Waals surface area contributed by atoms with E-state index in [2.05, 4.69) is 14.9 Å². The summed E-state index contributed by atoms with van der Waals surface area (Å²) in [4.78, 5) is 21.6. The number of aromatic amines is 1. The van der Waals surface area contributed by atoms with Crippen molar-refractivity contribution < 1.29 is 0 Å². The third kappa shape index (κ3) is 2.81. The van der Waals surface area contributed by atoms with E-state index in [-0.39, 0.29) is 5.56 Å². The zero-order valence-corrected chi connectivity index (χ0v) is 11.3. The van der Waals surface area contributed by atoms with Gasteiger partial charge in [-0.3, -0.25) is 4.79 Å². The van der Waals surface area contributed by atoms with Crippen molar-refractivity contribution in [2.24, 2.45) is 5.73 Å². The quantitative estimate of drug-likeness (QED) is 0.862. The van der Waals surface area contributed by atoms with Gasteiger partial charge in [-0.1, -0.05) is 12.8 Å². The molecule has 1 aromatic heterocycles. The van der Waals surface area contributed by atoms with Crippen LogP contribution in [0, 0.1) is 0 Å². The van der Waals surface area contributed by atoms with Crippen molar-refractivity contribution in [2.75, 3.05) is 18.0 Å². The molecule has 3 N–H and O–H groups in total. The van der Waals surface area contributed by atoms with Crippen LogP contribution in [0.2, 0.25) is 0 Å². The molecule has 1 aliphatic heterocycles. The molecular weight excluding hydrogens is 240 g/mol. The van der Waals surface area contributed by atoms with E-state index in [4.69, 9.17) is 5.73 Å². The topological polar surface area (TPSA) is 75.0 Å². The molecule has 1 saturated heterocycles. The summed E-state index contributed by atoms with van der Waals surface area (Å²) in [6.45, 7) is 1.59. The first-order valence-corrected chi connectivity index (χ1v) is 7.36. The molecule has 0 bridgehead atoms. The standard InChI is InChI=1S/C14H22N4O/c15-9-11-4-2-1-3-7-18(11)12-8-13(19)17-14(16-12)10-5-6-10/h8,10-11H,1-7,9,15H2,(H,16,17,19). The predicted octanol–water partition coefficient (Wildman–Crippen LogP) is 1.35. The van der Waals surface area contributed by atoms with E-state index >= 15 is 0 Å². The van der Waals surface area contributed by atoms with Gasteiger partial charge in [-0.05, 0) is 25.7 Å². The number of hydrogen-bond acceptors (Lipinski definition) is 4. The maximum Gasteiger partial charge on any atom is 0.252 e. The van der Waals surface area contributed by atoms with Crippen molar-refractivity contribution >= 4 is 5.82 Å². The lowest BCUT2D eigenvalue weighted by Gasteiger charge is -2.30. The minimum atomic E-state index is -0.0353. The molecule has 5 nitrogen and oxygen atoms in total. The zero-order chi connectivity index (χ0) is 13.2. The van der Waals surface area contributed by atoms with E-state index in [9.17, 15) is 4.79 Å². The van der Waals surface area contributed by atoms with Crippen molar-refractivity contribution in [2.45, 2.75) is 50.5 Å². The van der Waals surface area contributed by atoms with Gasteiger partial charge in [0.05, 0.1) is 0 Å². The first kappa shape index (κ1) is 12.7. The Labute approximate surface area is 113 Å². The Morgan fingerprint density at radius 2 is 2.16 bits per heavy atom. The van der Waals surface area contributed by atoms with Gasteiger partial charge >= 0.3 is 0 Å². The minimum absolute atomic E-state index is 0.0353. The molecule has 0 aromatic carbocycles. The van der Waals surface area contributed by atoms with Crippen LogP contribution in [0.4, 0.5) is 5.82 Å². The Balaban J connectivity index is 1.91. The first-order valence-electron chi connectivity index (χ1n) is 7.36. The molecule has 2 aliphatic rings. The molecule has 1 aliphatic carbocycles. The summed E-state index contributed by atoms with van der Waals surface area (Å²) < 4.78 is 0. The average Bonchev–Trinajstić information content (AvgIpc) is 3.24. The number of nitrogens with two attached hydrogens (primary N) is 1. The van der Waals surface area contributed by atoms with Crippen molar-refractivity contribution in [3.63, 3.8) is 0 Å². The molecule has 3 rings (SSSR count). The summed E-state index contributed by atoms with van der Waals surface area (Å²) in [6.07, 6.45) is 7.01. The highest BCUT2D eigenvalue weighted by molar-refractivity contribution is 5.40. The molecule has 1 unspecified atom stereocenters. The highest BCUT2D eigenvalue weighted by atomic mass is 16.1. The number of anilines is 1. The Hall–Kier alpha value is -1.36. The lowest BCUT2D eigenvalue weighted by atomic mass is 10.1. The predicted molar refractivity (Wildman–Crippen MR) is 75.5 cm³/mol. The van der Waals surface area contributed by atoms with Gasteiger partial charge in [0.2, 0.25) is 0 Å². The van der Waals surface area contributed by atoms with Gasteiger partial charge in [-0.25, -0.2) is 4.98 Å². The highest BCUT2D eigenvalue weighted by Crippen LogP contribution is 2.38. The van der Waals surface area contributed by atoms with E-state index in [0.29, 0.717) is 18.5 Å². The number of rotatable bonds is 3. The maximum atomic E-state index is 11.8. The van der Waals surface area contributed by atoms with Crippen LogP contribution in [0.15, 0.2) is 10.9 Å². The highest BCUT2D eigenvalue weighted by Gasteiger charge is 2.28. The van der Waals surface area contributed by atoms with Gasteiger partial charge in [-0.15, -0.1) is 0 Å². The zero-order valence-electron chi connectivity index (χ0n) is 11.3. The van der Waals surface area contributed by atoms with Crippen molar-refractivity contribution in [3.05, 3.63) is 22.2 Å². The number of aromatic nitrogens is 2. The lowest BCUT2D eigenvalue weighted by molar-refractivity contribution is 0.574. The number of hydrogen-bond donors (Lipinski definition) is 2. The molecule has 1 atom stereocenters. The van der Waals surface area contributed by atoms with Crippen LogP contribution in [0.1, 0.15) is 50.3 Å². The van der Waals surface area contributed by atoms with E-state index in [1.807, 2.05) is 0 Å². The van der Waals surface area contributed by atoms with Crippen LogP contribution in [-0.4, -0.2) is 29.1 Å². The summed E-state index contributed by atoms with van der Waals surface area (Å²) in [7, 11) is 0. The number of nitrogens with zero attached hydrogens (tertiary/aromatic N) is 2. The van der Waals surface area contributed by atoms with Crippen LogP contribution in [-0.2, 0) is 0 Å². The van der Waals surface area contributed by atoms with E-state index in [1.165, 1.54) is 12.8 Å². The van der Waals surface area contributed by atoms with Crippen LogP contribution in [0.3, 0.4) is 0 Å². The van der Waals surface area contributed by atoms with Gasteiger partial charge in [0, 0.05) is 31.1 Å². The smallest absolute Gasteiger partial charge is 0.252 e. The second kappa shape index (κ2) is 5.33. The van der Waals surface area contributed by atoms with Gasteiger partial charge < -0.3 is 15.6 Å². The molecule has 2 fully saturated rings. The molecule has 2 heterocycles. The van der Waals surface area contributed by atoms with E-state index in [0.717, 1.165) is 43.9 Å². The molecular formula is C14H22N4O. The van der Waals surface area contributed by atoms with E-state index in [1.54, 1.807) is 6.07 Å². The molecule has 1 aromatic rings. The number of H-pyrrole nitrogens is 1. The van der Waals surface area contributed by atoms with Crippen LogP contribution in [0.25, 0.3) is 0 Å². The molecule has 1 saturated carbocycles. The van der Waals surface area contributed by atoms with Gasteiger partial charge in [0.1, 0.15) is 11.6 Å². The van der Waals surface area contributed by atoms with E-state index < -0.39 is 0 Å². The summed E-state index contributed by atoms with van der Waals surface area (Å²) in [5.74, 6) is 2.15. The monoisotopic (exact) mass is 262 g/mol. The molecule has 0 amide bonds. The first-order chi connectivity index (χ1) is 9.28. The van der Waals surface area contributed by atoms with Gasteiger partial charge in [-0.2, -0.15) is 0 Å². The molecule has 5 heteroatoms. The van der Waals surface area contributed by atoms with Crippen molar-refractivity contribution in [1.82, 2.24) is 9.97 Å². The molecule has 0 spiro atoms. The summed E-state index contributed by atoms with van der Waals surface area (Å²) in [5, 5.41) is 0. The second-order valence-corrected chi connectivity index (χ2v) is 5.70. The molecule has 104 valence electrons. The van der Waals surface area contributed by atoms with Gasteiger partial charge in [0.25, 0.3) is 5.56 Å². The number of nitrogens with one attached hydrogen (secondary N) is 1. The van der Waals surface area contributed by atoms with Gasteiger partial charge in [0.15, 0.2) is 0 Å². The van der Waals surface area contributed by atoms with Crippen LogP contribution in [0.5, 0.6) is 0 Å². The maximum absolute atomic E-state index is 11.8. The van der Waals surface area contributed by atoms with Crippen LogP contribution < -0.4 is 16.2 Å². The molecule has 0 radical (unpaired) electrons. The SMILES string of the molecule is NCC1CCCCCN1c1cc(=O)[nH]c(C2CC2)n1. The summed E-state index contributed by atoms with van der Waals surface area (Å²) in [5.41, 5.74) is 5.86. The largest absolute Gasteiger partial charge is 0.352 e. The minimum Gasteiger partial charge on any atom is -0.352 e. The fourth-order valence-corrected chi connectivity index (χ4v) is 2.88. The molecule has 19 heavy (non-hydrogen) atoms. The summed E-state index contributed by atoms with van der Waals surface area (Å²) >= 11 is 0. The Bertz CT molecular complexity index is 494. The third-order valence-electron chi connectivity index (χ3n) is 4.15.